The smallest absolute Gasteiger partial charge is 0.257 e. The van der Waals surface area contributed by atoms with Gasteiger partial charge in [0.2, 0.25) is 5.82 Å². The van der Waals surface area contributed by atoms with Crippen molar-refractivity contribution in [2.75, 3.05) is 19.6 Å². The Morgan fingerprint density at radius 1 is 0.850 bits per heavy atom. The SMILES string of the molecule is CCCNCCNC(=O)c1c(F)c(F)c(F)c(F)c1F. The zero-order chi connectivity index (χ0) is 15.3. The molecule has 0 radical (unpaired) electrons. The topological polar surface area (TPSA) is 41.1 Å². The Labute approximate surface area is 112 Å². The van der Waals surface area contributed by atoms with Crippen molar-refractivity contribution in [1.29, 1.82) is 0 Å². The van der Waals surface area contributed by atoms with Crippen molar-refractivity contribution in [3.8, 4) is 0 Å². The third-order valence-electron chi connectivity index (χ3n) is 2.45. The minimum Gasteiger partial charge on any atom is -0.351 e. The highest BCUT2D eigenvalue weighted by Gasteiger charge is 2.29. The van der Waals surface area contributed by atoms with Crippen LogP contribution in [0.4, 0.5) is 22.0 Å². The molecule has 0 aliphatic heterocycles. The second kappa shape index (κ2) is 7.18. The highest BCUT2D eigenvalue weighted by molar-refractivity contribution is 5.94. The van der Waals surface area contributed by atoms with Crippen LogP contribution < -0.4 is 10.6 Å². The summed E-state index contributed by atoms with van der Waals surface area (Å²) in [6.07, 6.45) is 0.853. The van der Waals surface area contributed by atoms with E-state index in [0.29, 0.717) is 13.1 Å². The lowest BCUT2D eigenvalue weighted by molar-refractivity contribution is 0.0942. The first-order chi connectivity index (χ1) is 9.41. The molecule has 0 atom stereocenters. The van der Waals surface area contributed by atoms with Crippen molar-refractivity contribution in [1.82, 2.24) is 10.6 Å². The lowest BCUT2D eigenvalue weighted by atomic mass is 10.1. The van der Waals surface area contributed by atoms with Gasteiger partial charge in [0, 0.05) is 13.1 Å². The molecule has 8 heteroatoms. The maximum atomic E-state index is 13.3. The summed E-state index contributed by atoms with van der Waals surface area (Å²) in [4.78, 5) is 11.5. The van der Waals surface area contributed by atoms with Gasteiger partial charge in [0.1, 0.15) is 5.56 Å². The molecule has 0 heterocycles. The molecule has 0 saturated heterocycles. The van der Waals surface area contributed by atoms with Gasteiger partial charge in [-0.15, -0.1) is 0 Å². The van der Waals surface area contributed by atoms with E-state index in [1.54, 1.807) is 0 Å². The van der Waals surface area contributed by atoms with Gasteiger partial charge in [0.05, 0.1) is 0 Å². The number of benzene rings is 1. The largest absolute Gasteiger partial charge is 0.351 e. The second-order valence-electron chi connectivity index (χ2n) is 3.95. The molecule has 0 unspecified atom stereocenters. The number of hydrogen-bond acceptors (Lipinski definition) is 2. The number of carbonyl (C=O) groups is 1. The van der Waals surface area contributed by atoms with Crippen molar-refractivity contribution < 1.29 is 26.7 Å². The summed E-state index contributed by atoms with van der Waals surface area (Å²) in [5.74, 6) is -12.2. The van der Waals surface area contributed by atoms with Crippen molar-refractivity contribution in [3.05, 3.63) is 34.6 Å². The Bertz CT molecular complexity index is 478. The Kier molecular flexibility index (Phi) is 5.87. The molecule has 0 bridgehead atoms. The Morgan fingerprint density at radius 2 is 1.35 bits per heavy atom. The third kappa shape index (κ3) is 3.44. The van der Waals surface area contributed by atoms with E-state index < -0.39 is 40.6 Å². The summed E-state index contributed by atoms with van der Waals surface area (Å²) in [6.45, 7) is 2.91. The molecule has 1 aromatic carbocycles. The first-order valence-electron chi connectivity index (χ1n) is 5.92. The van der Waals surface area contributed by atoms with E-state index in [2.05, 4.69) is 10.6 Å². The molecule has 0 aromatic heterocycles. The van der Waals surface area contributed by atoms with Crippen molar-refractivity contribution in [3.63, 3.8) is 0 Å². The normalized spacial score (nSPS) is 10.7. The van der Waals surface area contributed by atoms with Crippen LogP contribution >= 0.6 is 0 Å². The van der Waals surface area contributed by atoms with E-state index in [1.165, 1.54) is 0 Å². The summed E-state index contributed by atoms with van der Waals surface area (Å²) < 4.78 is 65.2. The Balaban J connectivity index is 2.83. The van der Waals surface area contributed by atoms with Crippen LogP contribution in [0.1, 0.15) is 23.7 Å². The third-order valence-corrected chi connectivity index (χ3v) is 2.45. The fraction of sp³-hybridized carbons (Fsp3) is 0.417. The molecule has 0 fully saturated rings. The average Bonchev–Trinajstić information content (AvgIpc) is 2.43. The van der Waals surface area contributed by atoms with Crippen LogP contribution in [-0.2, 0) is 0 Å². The first kappa shape index (κ1) is 16.4. The predicted molar refractivity (Wildman–Crippen MR) is 61.7 cm³/mol. The molecule has 2 N–H and O–H groups in total. The van der Waals surface area contributed by atoms with E-state index in [1.807, 2.05) is 6.92 Å². The van der Waals surface area contributed by atoms with Crippen LogP contribution in [0.3, 0.4) is 0 Å². The van der Waals surface area contributed by atoms with Gasteiger partial charge in [-0.2, -0.15) is 0 Å². The van der Waals surface area contributed by atoms with E-state index in [0.717, 1.165) is 6.42 Å². The number of rotatable bonds is 6. The maximum absolute atomic E-state index is 13.3. The monoisotopic (exact) mass is 296 g/mol. The predicted octanol–water partition coefficient (Wildman–Crippen LogP) is 2.11. The molecule has 0 aliphatic rings. The average molecular weight is 296 g/mol. The minimum atomic E-state index is -2.29. The zero-order valence-electron chi connectivity index (χ0n) is 10.6. The number of nitrogens with one attached hydrogen (secondary N) is 2. The number of halogens is 5. The van der Waals surface area contributed by atoms with Crippen LogP contribution in [0, 0.1) is 29.1 Å². The van der Waals surface area contributed by atoms with E-state index in [9.17, 15) is 26.7 Å². The van der Waals surface area contributed by atoms with Gasteiger partial charge in [0.25, 0.3) is 5.91 Å². The Morgan fingerprint density at radius 3 is 1.85 bits per heavy atom. The van der Waals surface area contributed by atoms with E-state index >= 15 is 0 Å². The van der Waals surface area contributed by atoms with Crippen LogP contribution in [-0.4, -0.2) is 25.5 Å². The molecular formula is C12H13F5N2O. The lowest BCUT2D eigenvalue weighted by Gasteiger charge is -2.09. The van der Waals surface area contributed by atoms with Gasteiger partial charge >= 0.3 is 0 Å². The first-order valence-corrected chi connectivity index (χ1v) is 5.92. The highest BCUT2D eigenvalue weighted by Crippen LogP contribution is 2.22. The van der Waals surface area contributed by atoms with Gasteiger partial charge in [-0.25, -0.2) is 22.0 Å². The molecule has 3 nitrogen and oxygen atoms in total. The lowest BCUT2D eigenvalue weighted by Crippen LogP contribution is -2.33. The fourth-order valence-corrected chi connectivity index (χ4v) is 1.46. The number of carbonyl (C=O) groups excluding carboxylic acids is 1. The van der Waals surface area contributed by atoms with Crippen LogP contribution in [0.2, 0.25) is 0 Å². The molecule has 20 heavy (non-hydrogen) atoms. The minimum absolute atomic E-state index is 0.00166. The summed E-state index contributed by atoms with van der Waals surface area (Å²) in [5.41, 5.74) is -1.48. The fourth-order valence-electron chi connectivity index (χ4n) is 1.46. The molecule has 0 spiro atoms. The quantitative estimate of drug-likeness (QED) is 0.365. The van der Waals surface area contributed by atoms with Gasteiger partial charge in [-0.3, -0.25) is 4.79 Å². The molecule has 1 amide bonds. The maximum Gasteiger partial charge on any atom is 0.257 e. The van der Waals surface area contributed by atoms with Gasteiger partial charge in [-0.05, 0) is 13.0 Å². The highest BCUT2D eigenvalue weighted by atomic mass is 19.2. The molecule has 112 valence electrons. The van der Waals surface area contributed by atoms with Crippen LogP contribution in [0.15, 0.2) is 0 Å². The number of amides is 1. The summed E-state index contributed by atoms with van der Waals surface area (Å²) in [5, 5.41) is 4.97. The van der Waals surface area contributed by atoms with E-state index in [-0.39, 0.29) is 6.54 Å². The van der Waals surface area contributed by atoms with Crippen LogP contribution in [0.25, 0.3) is 0 Å². The van der Waals surface area contributed by atoms with Crippen molar-refractivity contribution >= 4 is 5.91 Å². The van der Waals surface area contributed by atoms with E-state index in [4.69, 9.17) is 0 Å². The summed E-state index contributed by atoms with van der Waals surface area (Å²) in [6, 6.07) is 0. The van der Waals surface area contributed by atoms with Crippen molar-refractivity contribution in [2.45, 2.75) is 13.3 Å². The van der Waals surface area contributed by atoms with Crippen molar-refractivity contribution in [2.24, 2.45) is 0 Å². The zero-order valence-corrected chi connectivity index (χ0v) is 10.6. The van der Waals surface area contributed by atoms with Gasteiger partial charge < -0.3 is 10.6 Å². The number of hydrogen-bond donors (Lipinski definition) is 2. The molecule has 0 aliphatic carbocycles. The van der Waals surface area contributed by atoms with Gasteiger partial charge in [0.15, 0.2) is 23.3 Å². The summed E-state index contributed by atoms with van der Waals surface area (Å²) >= 11 is 0. The molecular weight excluding hydrogens is 283 g/mol. The molecule has 1 aromatic rings. The standard InChI is InChI=1S/C12H13F5N2O/c1-2-3-18-4-5-19-12(20)6-7(13)9(15)11(17)10(16)8(6)14/h18H,2-5H2,1H3,(H,19,20). The molecule has 0 saturated carbocycles. The Hall–Kier alpha value is -1.70. The van der Waals surface area contributed by atoms with Crippen LogP contribution in [0.5, 0.6) is 0 Å². The van der Waals surface area contributed by atoms with Gasteiger partial charge in [-0.1, -0.05) is 6.92 Å². The summed E-state index contributed by atoms with van der Waals surface area (Å²) in [7, 11) is 0. The molecule has 1 rings (SSSR count). The second-order valence-corrected chi connectivity index (χ2v) is 3.95.